The number of hydrogen-bond donors (Lipinski definition) is 1. The van der Waals surface area contributed by atoms with Gasteiger partial charge in [0.15, 0.2) is 17.2 Å². The van der Waals surface area contributed by atoms with E-state index in [4.69, 9.17) is 9.47 Å². The van der Waals surface area contributed by atoms with E-state index in [2.05, 4.69) is 22.0 Å². The third-order valence-electron chi connectivity index (χ3n) is 5.42. The number of rotatable bonds is 1. The summed E-state index contributed by atoms with van der Waals surface area (Å²) in [6, 6.07) is 2.87. The van der Waals surface area contributed by atoms with Crippen molar-refractivity contribution in [1.82, 2.24) is 19.9 Å². The van der Waals surface area contributed by atoms with Crippen molar-refractivity contribution in [3.05, 3.63) is 54.1 Å². The summed E-state index contributed by atoms with van der Waals surface area (Å²) in [4.78, 5) is 6.07. The monoisotopic (exact) mass is 431 g/mol. The Labute approximate surface area is 176 Å². The minimum Gasteiger partial charge on any atom is -0.493 e. The molecule has 10 heteroatoms. The molecule has 0 radical (unpaired) electrons. The molecule has 0 fully saturated rings. The predicted octanol–water partition coefficient (Wildman–Crippen LogP) is 3.24. The molecule has 0 aliphatic carbocycles. The van der Waals surface area contributed by atoms with Gasteiger partial charge in [-0.15, -0.1) is 0 Å². The molecule has 5 rings (SSSR count). The highest BCUT2D eigenvalue weighted by Crippen LogP contribution is 2.37. The molecule has 3 aromatic rings. The zero-order valence-electron chi connectivity index (χ0n) is 16.5. The topological polar surface area (TPSA) is 63.9 Å². The maximum Gasteiger partial charge on any atom is 0.261 e. The standard InChI is InChI=1S/C21H20F3N5O2/c1-12-15-8-26-29-10-18-21(27-20(15)29)28(16(11-31-18)19(23)24)9-13-7-14(22)3-4-17(13)30-6-2-5-25-12/h3-4,7-8,10,16,19,25H,1-2,5-6,9,11H2/t16-/m0/s1. The van der Waals surface area contributed by atoms with Gasteiger partial charge in [0.05, 0.1) is 24.6 Å². The molecule has 4 heterocycles. The lowest BCUT2D eigenvalue weighted by Crippen LogP contribution is -2.47. The van der Waals surface area contributed by atoms with Gasteiger partial charge in [-0.05, 0) is 24.6 Å². The Bertz CT molecular complexity index is 1150. The Morgan fingerprint density at radius 3 is 2.94 bits per heavy atom. The summed E-state index contributed by atoms with van der Waals surface area (Å²) in [5, 5.41) is 7.51. The molecule has 1 atom stereocenters. The molecule has 162 valence electrons. The van der Waals surface area contributed by atoms with E-state index in [0.717, 1.165) is 0 Å². The van der Waals surface area contributed by atoms with E-state index in [1.807, 2.05) is 0 Å². The van der Waals surface area contributed by atoms with Gasteiger partial charge in [-0.2, -0.15) is 5.10 Å². The van der Waals surface area contributed by atoms with Crippen LogP contribution in [0, 0.1) is 5.82 Å². The second kappa shape index (κ2) is 7.68. The van der Waals surface area contributed by atoms with Gasteiger partial charge in [-0.25, -0.2) is 22.7 Å². The van der Waals surface area contributed by atoms with Crippen LogP contribution in [0.1, 0.15) is 17.5 Å². The van der Waals surface area contributed by atoms with Crippen LogP contribution < -0.4 is 19.7 Å². The molecule has 0 unspecified atom stereocenters. The smallest absolute Gasteiger partial charge is 0.261 e. The zero-order valence-corrected chi connectivity index (χ0v) is 16.5. The second-order valence-electron chi connectivity index (χ2n) is 7.46. The fourth-order valence-corrected chi connectivity index (χ4v) is 3.81. The minimum atomic E-state index is -2.69. The Balaban J connectivity index is 1.69. The highest BCUT2D eigenvalue weighted by molar-refractivity contribution is 5.75. The maximum atomic E-state index is 14.0. The summed E-state index contributed by atoms with van der Waals surface area (Å²) in [5.41, 5.74) is 2.21. The molecule has 2 aliphatic heterocycles. The van der Waals surface area contributed by atoms with Crippen LogP contribution in [0.15, 0.2) is 37.2 Å². The van der Waals surface area contributed by atoms with E-state index in [9.17, 15) is 13.2 Å². The van der Waals surface area contributed by atoms with Gasteiger partial charge < -0.3 is 19.7 Å². The molecule has 1 aromatic carbocycles. The molecule has 2 aliphatic rings. The van der Waals surface area contributed by atoms with Gasteiger partial charge in [0.1, 0.15) is 24.2 Å². The highest BCUT2D eigenvalue weighted by Gasteiger charge is 2.36. The van der Waals surface area contributed by atoms with Gasteiger partial charge >= 0.3 is 0 Å². The lowest BCUT2D eigenvalue weighted by Gasteiger charge is -2.37. The van der Waals surface area contributed by atoms with E-state index in [1.54, 1.807) is 12.4 Å². The first kappa shape index (κ1) is 19.5. The molecule has 7 nitrogen and oxygen atoms in total. The average Bonchev–Trinajstić information content (AvgIpc) is 3.15. The van der Waals surface area contributed by atoms with Gasteiger partial charge in [0, 0.05) is 24.4 Å². The molecule has 0 saturated carbocycles. The predicted molar refractivity (Wildman–Crippen MR) is 108 cm³/mol. The van der Waals surface area contributed by atoms with Crippen LogP contribution >= 0.6 is 0 Å². The van der Waals surface area contributed by atoms with Crippen LogP contribution in [0.3, 0.4) is 0 Å². The lowest BCUT2D eigenvalue weighted by atomic mass is 10.1. The summed E-state index contributed by atoms with van der Waals surface area (Å²) in [6.45, 7) is 4.78. The van der Waals surface area contributed by atoms with Gasteiger partial charge in [-0.1, -0.05) is 6.58 Å². The third kappa shape index (κ3) is 3.51. The van der Waals surface area contributed by atoms with Crippen LogP contribution in [-0.2, 0) is 6.54 Å². The summed E-state index contributed by atoms with van der Waals surface area (Å²) in [7, 11) is 0. The zero-order chi connectivity index (χ0) is 21.5. The Kier molecular flexibility index (Phi) is 4.84. The fraction of sp³-hybridized carbons (Fsp3) is 0.333. The second-order valence-corrected chi connectivity index (χ2v) is 7.46. The third-order valence-corrected chi connectivity index (χ3v) is 5.42. The SMILES string of the molecule is C=C1NCCCOc2ccc(F)cc2CN2c3nc4c1cnn4cc3OC[C@H]2C(F)F. The van der Waals surface area contributed by atoms with Crippen LogP contribution in [0.2, 0.25) is 0 Å². The molecule has 0 spiro atoms. The summed E-state index contributed by atoms with van der Waals surface area (Å²) >= 11 is 0. The van der Waals surface area contributed by atoms with Crippen LogP contribution in [-0.4, -0.2) is 46.8 Å². The maximum absolute atomic E-state index is 14.0. The molecule has 31 heavy (non-hydrogen) atoms. The number of fused-ring (bicyclic) bond motifs is 1. The highest BCUT2D eigenvalue weighted by atomic mass is 19.3. The lowest BCUT2D eigenvalue weighted by molar-refractivity contribution is 0.0766. The first-order valence-electron chi connectivity index (χ1n) is 9.91. The van der Waals surface area contributed by atoms with E-state index >= 15 is 0 Å². The minimum absolute atomic E-state index is 0.00962. The van der Waals surface area contributed by atoms with Crippen molar-refractivity contribution in [3.63, 3.8) is 0 Å². The quantitative estimate of drug-likeness (QED) is 0.638. The van der Waals surface area contributed by atoms with Crippen LogP contribution in [0.4, 0.5) is 19.0 Å². The van der Waals surface area contributed by atoms with Crippen molar-refractivity contribution in [1.29, 1.82) is 0 Å². The largest absolute Gasteiger partial charge is 0.493 e. The average molecular weight is 431 g/mol. The summed E-state index contributed by atoms with van der Waals surface area (Å²) in [6.07, 6.45) is 1.20. The molecule has 0 amide bonds. The van der Waals surface area contributed by atoms with Crippen molar-refractivity contribution < 1.29 is 22.6 Å². The number of anilines is 1. The molecule has 0 saturated heterocycles. The molecular weight excluding hydrogens is 411 g/mol. The van der Waals surface area contributed by atoms with Gasteiger partial charge in [0.2, 0.25) is 0 Å². The Morgan fingerprint density at radius 1 is 1.23 bits per heavy atom. The first-order valence-corrected chi connectivity index (χ1v) is 9.91. The Morgan fingerprint density at radius 2 is 2.10 bits per heavy atom. The number of nitrogens with one attached hydrogen (secondary N) is 1. The number of halogens is 3. The number of hydrogen-bond acceptors (Lipinski definition) is 6. The van der Waals surface area contributed by atoms with E-state index < -0.39 is 18.3 Å². The number of ether oxygens (including phenoxy) is 2. The van der Waals surface area contributed by atoms with Crippen molar-refractivity contribution in [2.75, 3.05) is 24.7 Å². The fourth-order valence-electron chi connectivity index (χ4n) is 3.81. The molecule has 2 bridgehead atoms. The molecule has 2 aromatic heterocycles. The number of aromatic nitrogens is 3. The molecular formula is C21H20F3N5O2. The van der Waals surface area contributed by atoms with Gasteiger partial charge in [-0.3, -0.25) is 0 Å². The van der Waals surface area contributed by atoms with Crippen molar-refractivity contribution >= 4 is 17.2 Å². The van der Waals surface area contributed by atoms with Crippen molar-refractivity contribution in [3.8, 4) is 11.5 Å². The normalized spacial score (nSPS) is 18.9. The molecule has 1 N–H and O–H groups in total. The van der Waals surface area contributed by atoms with Crippen molar-refractivity contribution in [2.45, 2.75) is 25.4 Å². The van der Waals surface area contributed by atoms with Crippen LogP contribution in [0.25, 0.3) is 11.3 Å². The van der Waals surface area contributed by atoms with Crippen LogP contribution in [0.5, 0.6) is 11.5 Å². The van der Waals surface area contributed by atoms with E-state index in [0.29, 0.717) is 53.5 Å². The summed E-state index contributed by atoms with van der Waals surface area (Å²) in [5.74, 6) is 0.545. The van der Waals surface area contributed by atoms with Crippen molar-refractivity contribution in [2.24, 2.45) is 0 Å². The summed E-state index contributed by atoms with van der Waals surface area (Å²) < 4.78 is 54.8. The number of alkyl halides is 2. The van der Waals surface area contributed by atoms with E-state index in [1.165, 1.54) is 27.6 Å². The Hall–Kier alpha value is -3.43. The first-order chi connectivity index (χ1) is 15.0. The number of benzene rings is 1. The number of nitrogens with zero attached hydrogens (tertiary/aromatic N) is 4. The van der Waals surface area contributed by atoms with E-state index in [-0.39, 0.29) is 19.0 Å². The van der Waals surface area contributed by atoms with Gasteiger partial charge in [0.25, 0.3) is 6.43 Å².